The van der Waals surface area contributed by atoms with E-state index in [-0.39, 0.29) is 0 Å². The van der Waals surface area contributed by atoms with Gasteiger partial charge in [0.15, 0.2) is 0 Å². The molecule has 1 heterocycles. The molecule has 1 saturated heterocycles. The minimum atomic E-state index is -0.933. The fraction of sp³-hybridized carbons (Fsp3) is 0.700. The molecular weight excluding hydrogens is 240 g/mol. The zero-order valence-electron chi connectivity index (χ0n) is 10.1. The van der Waals surface area contributed by atoms with Gasteiger partial charge in [0.05, 0.1) is 0 Å². The molecule has 0 bridgehead atoms. The maximum absolute atomic E-state index is 10.3. The highest BCUT2D eigenvalue weighted by Crippen LogP contribution is 1.96. The second-order valence-corrected chi connectivity index (χ2v) is 3.74. The third kappa shape index (κ3) is 7.58. The van der Waals surface area contributed by atoms with Crippen molar-refractivity contribution in [3.8, 4) is 0 Å². The molecule has 8 heteroatoms. The number of hydrogen-bond acceptors (Lipinski definition) is 5. The average Bonchev–Trinajstić information content (AvgIpc) is 2.34. The maximum atomic E-state index is 10.3. The van der Waals surface area contributed by atoms with Crippen LogP contribution >= 0.6 is 0 Å². The first-order valence-electron chi connectivity index (χ1n) is 5.73. The summed E-state index contributed by atoms with van der Waals surface area (Å²) >= 11 is 0. The Kier molecular flexibility index (Phi) is 8.50. The molecule has 1 atom stereocenters. The van der Waals surface area contributed by atoms with Crippen LogP contribution in [0.5, 0.6) is 0 Å². The van der Waals surface area contributed by atoms with Gasteiger partial charge in [-0.1, -0.05) is 6.42 Å². The Morgan fingerprint density at radius 2 is 1.72 bits per heavy atom. The third-order valence-electron chi connectivity index (χ3n) is 2.19. The van der Waals surface area contributed by atoms with Crippen LogP contribution in [0.3, 0.4) is 0 Å². The van der Waals surface area contributed by atoms with Crippen molar-refractivity contribution in [2.24, 2.45) is 11.5 Å². The SMILES string of the molecule is NCCCCC(N)C(=O)O.O=C1NCCNC1=O. The molecule has 1 fully saturated rings. The average molecular weight is 260 g/mol. The Morgan fingerprint density at radius 1 is 1.22 bits per heavy atom. The van der Waals surface area contributed by atoms with Crippen molar-refractivity contribution >= 4 is 17.8 Å². The van der Waals surface area contributed by atoms with Crippen LogP contribution in [-0.4, -0.2) is 48.6 Å². The monoisotopic (exact) mass is 260 g/mol. The Balaban J connectivity index is 0.000000327. The second kappa shape index (κ2) is 9.37. The lowest BCUT2D eigenvalue weighted by molar-refractivity contribution is -0.140. The van der Waals surface area contributed by atoms with Gasteiger partial charge in [-0.2, -0.15) is 0 Å². The Hall–Kier alpha value is -1.67. The molecule has 0 aromatic rings. The van der Waals surface area contributed by atoms with E-state index < -0.39 is 23.8 Å². The highest BCUT2D eigenvalue weighted by Gasteiger charge is 2.15. The van der Waals surface area contributed by atoms with Crippen molar-refractivity contribution in [3.05, 3.63) is 0 Å². The summed E-state index contributed by atoms with van der Waals surface area (Å²) in [5, 5.41) is 13.1. The first-order valence-corrected chi connectivity index (χ1v) is 5.73. The molecule has 2 amide bonds. The summed E-state index contributed by atoms with van der Waals surface area (Å²) in [6, 6.07) is -0.716. The Bertz CT molecular complexity index is 280. The zero-order valence-corrected chi connectivity index (χ0v) is 10.1. The van der Waals surface area contributed by atoms with Crippen LogP contribution in [0.15, 0.2) is 0 Å². The molecule has 18 heavy (non-hydrogen) atoms. The van der Waals surface area contributed by atoms with Gasteiger partial charge < -0.3 is 27.2 Å². The summed E-state index contributed by atoms with van der Waals surface area (Å²) in [6.07, 6.45) is 2.16. The van der Waals surface area contributed by atoms with Crippen LogP contribution in [0.1, 0.15) is 19.3 Å². The third-order valence-corrected chi connectivity index (χ3v) is 2.19. The van der Waals surface area contributed by atoms with Gasteiger partial charge in [0, 0.05) is 13.1 Å². The van der Waals surface area contributed by atoms with E-state index in [0.717, 1.165) is 12.8 Å². The van der Waals surface area contributed by atoms with Gasteiger partial charge in [-0.05, 0) is 19.4 Å². The smallest absolute Gasteiger partial charge is 0.320 e. The second-order valence-electron chi connectivity index (χ2n) is 3.74. The molecule has 0 aromatic carbocycles. The van der Waals surface area contributed by atoms with Crippen molar-refractivity contribution in [1.82, 2.24) is 10.6 Å². The van der Waals surface area contributed by atoms with E-state index in [1.165, 1.54) is 0 Å². The molecule has 8 nitrogen and oxygen atoms in total. The lowest BCUT2D eigenvalue weighted by Crippen LogP contribution is -2.49. The number of carboxylic acids is 1. The number of rotatable bonds is 5. The molecule has 1 aliphatic rings. The number of unbranched alkanes of at least 4 members (excludes halogenated alkanes) is 1. The molecule has 0 aromatic heterocycles. The van der Waals surface area contributed by atoms with Crippen LogP contribution in [0, 0.1) is 0 Å². The number of amides is 2. The number of nitrogens with two attached hydrogens (primary N) is 2. The van der Waals surface area contributed by atoms with Crippen LogP contribution in [-0.2, 0) is 14.4 Å². The van der Waals surface area contributed by atoms with Crippen molar-refractivity contribution in [1.29, 1.82) is 0 Å². The number of nitrogens with one attached hydrogen (secondary N) is 2. The fourth-order valence-electron chi connectivity index (χ4n) is 1.14. The summed E-state index contributed by atoms with van der Waals surface area (Å²) in [5.41, 5.74) is 10.4. The molecular formula is C10H20N4O4. The first-order chi connectivity index (χ1) is 8.49. The largest absolute Gasteiger partial charge is 0.480 e. The predicted octanol–water partition coefficient (Wildman–Crippen LogP) is -2.24. The minimum Gasteiger partial charge on any atom is -0.480 e. The Labute approximate surface area is 105 Å². The fourth-order valence-corrected chi connectivity index (χ4v) is 1.14. The van der Waals surface area contributed by atoms with Gasteiger partial charge in [0.25, 0.3) is 0 Å². The maximum Gasteiger partial charge on any atom is 0.320 e. The van der Waals surface area contributed by atoms with Crippen LogP contribution in [0.4, 0.5) is 0 Å². The normalized spacial score (nSPS) is 15.9. The van der Waals surface area contributed by atoms with Crippen molar-refractivity contribution < 1.29 is 19.5 Å². The number of carbonyl (C=O) groups is 3. The van der Waals surface area contributed by atoms with Crippen LogP contribution in [0.25, 0.3) is 0 Å². The summed E-state index contributed by atoms with van der Waals surface area (Å²) in [4.78, 5) is 30.7. The van der Waals surface area contributed by atoms with Gasteiger partial charge in [-0.3, -0.25) is 14.4 Å². The highest BCUT2D eigenvalue weighted by molar-refractivity contribution is 6.35. The zero-order chi connectivity index (χ0) is 14.0. The van der Waals surface area contributed by atoms with Crippen molar-refractivity contribution in [2.75, 3.05) is 19.6 Å². The van der Waals surface area contributed by atoms with E-state index in [0.29, 0.717) is 26.1 Å². The predicted molar refractivity (Wildman–Crippen MR) is 64.5 cm³/mol. The summed E-state index contributed by atoms with van der Waals surface area (Å²) in [7, 11) is 0. The number of carbonyl (C=O) groups excluding carboxylic acids is 2. The van der Waals surface area contributed by atoms with Crippen LogP contribution < -0.4 is 22.1 Å². The quantitative estimate of drug-likeness (QED) is 0.279. The van der Waals surface area contributed by atoms with Gasteiger partial charge in [-0.15, -0.1) is 0 Å². The van der Waals surface area contributed by atoms with Gasteiger partial charge in [0.2, 0.25) is 0 Å². The van der Waals surface area contributed by atoms with E-state index >= 15 is 0 Å². The minimum absolute atomic E-state index is 0.520. The van der Waals surface area contributed by atoms with E-state index in [1.54, 1.807) is 0 Å². The van der Waals surface area contributed by atoms with E-state index in [1.807, 2.05) is 0 Å². The number of aliphatic carboxylic acids is 1. The topological polar surface area (TPSA) is 148 Å². The van der Waals surface area contributed by atoms with E-state index in [9.17, 15) is 14.4 Å². The summed E-state index contributed by atoms with van der Waals surface area (Å²) < 4.78 is 0. The molecule has 1 unspecified atom stereocenters. The Morgan fingerprint density at radius 3 is 2.06 bits per heavy atom. The van der Waals surface area contributed by atoms with E-state index in [4.69, 9.17) is 16.6 Å². The molecule has 0 saturated carbocycles. The number of carboxylic acid groups (broad SMARTS) is 1. The molecule has 0 radical (unpaired) electrons. The van der Waals surface area contributed by atoms with Gasteiger partial charge in [-0.25, -0.2) is 0 Å². The first kappa shape index (κ1) is 16.3. The lowest BCUT2D eigenvalue weighted by atomic mass is 10.1. The molecule has 104 valence electrons. The number of piperazine rings is 1. The summed E-state index contributed by atoms with van der Waals surface area (Å²) in [5.74, 6) is -2.00. The summed E-state index contributed by atoms with van der Waals surface area (Å²) in [6.45, 7) is 1.70. The lowest BCUT2D eigenvalue weighted by Gasteiger charge is -2.10. The number of hydrogen-bond donors (Lipinski definition) is 5. The molecule has 1 rings (SSSR count). The molecule has 0 aliphatic carbocycles. The van der Waals surface area contributed by atoms with E-state index in [2.05, 4.69) is 10.6 Å². The van der Waals surface area contributed by atoms with Gasteiger partial charge in [0.1, 0.15) is 6.04 Å². The highest BCUT2D eigenvalue weighted by atomic mass is 16.4. The standard InChI is InChI=1S/C6H14N2O2.C4H6N2O2/c7-4-2-1-3-5(8)6(9)10;7-3-4(8)6-2-1-5-3/h5H,1-4,7-8H2,(H,9,10);1-2H2,(H,5,7)(H,6,8). The van der Waals surface area contributed by atoms with Gasteiger partial charge >= 0.3 is 17.8 Å². The molecule has 0 spiro atoms. The molecule has 1 aliphatic heterocycles. The van der Waals surface area contributed by atoms with Crippen LogP contribution in [0.2, 0.25) is 0 Å². The van der Waals surface area contributed by atoms with Crippen molar-refractivity contribution in [2.45, 2.75) is 25.3 Å². The van der Waals surface area contributed by atoms with Crippen molar-refractivity contribution in [3.63, 3.8) is 0 Å². The molecule has 7 N–H and O–H groups in total.